The number of nitrogen functional groups attached to an aromatic ring is 1. The summed E-state index contributed by atoms with van der Waals surface area (Å²) in [4.78, 5) is 8.94. The average molecular weight is 241 g/mol. The van der Waals surface area contributed by atoms with Gasteiger partial charge in [-0.05, 0) is 13.0 Å². The first-order chi connectivity index (χ1) is 8.36. The van der Waals surface area contributed by atoms with Crippen LogP contribution in [-0.4, -0.2) is 9.97 Å². The molecule has 0 atom stereocenters. The third kappa shape index (κ3) is 2.67. The fraction of sp³-hybridized carbons (Fsp3) is 0.333. The normalized spacial score (nSPS) is 11.6. The van der Waals surface area contributed by atoms with Crippen LogP contribution >= 0.6 is 0 Å². The van der Waals surface area contributed by atoms with Gasteiger partial charge in [-0.1, -0.05) is 44.5 Å². The Morgan fingerprint density at radius 2 is 1.78 bits per heavy atom. The zero-order valence-corrected chi connectivity index (χ0v) is 11.4. The van der Waals surface area contributed by atoms with Gasteiger partial charge in [-0.3, -0.25) is 0 Å². The Morgan fingerprint density at radius 1 is 1.06 bits per heavy atom. The molecule has 0 aliphatic carbocycles. The Kier molecular flexibility index (Phi) is 3.07. The number of aromatic nitrogens is 2. The topological polar surface area (TPSA) is 51.8 Å². The van der Waals surface area contributed by atoms with Gasteiger partial charge in [-0.15, -0.1) is 0 Å². The number of nitrogens with zero attached hydrogens (tertiary/aromatic N) is 2. The van der Waals surface area contributed by atoms with Crippen LogP contribution in [0, 0.1) is 6.92 Å². The van der Waals surface area contributed by atoms with E-state index in [1.807, 2.05) is 18.2 Å². The number of nitrogens with two attached hydrogens (primary N) is 1. The van der Waals surface area contributed by atoms with Crippen LogP contribution in [0.2, 0.25) is 0 Å². The van der Waals surface area contributed by atoms with Crippen LogP contribution in [0.15, 0.2) is 30.3 Å². The maximum atomic E-state index is 5.88. The Labute approximate surface area is 108 Å². The summed E-state index contributed by atoms with van der Waals surface area (Å²) in [6, 6.07) is 10.1. The molecule has 18 heavy (non-hydrogen) atoms. The maximum Gasteiger partial charge on any atom is 0.136 e. The molecule has 94 valence electrons. The minimum Gasteiger partial charge on any atom is -0.384 e. The van der Waals surface area contributed by atoms with E-state index in [0.29, 0.717) is 5.82 Å². The molecular weight excluding hydrogens is 222 g/mol. The van der Waals surface area contributed by atoms with Crippen LogP contribution in [-0.2, 0) is 5.41 Å². The monoisotopic (exact) mass is 241 g/mol. The third-order valence-corrected chi connectivity index (χ3v) is 2.73. The fourth-order valence-corrected chi connectivity index (χ4v) is 1.75. The van der Waals surface area contributed by atoms with Crippen molar-refractivity contribution in [1.29, 1.82) is 0 Å². The van der Waals surface area contributed by atoms with Gasteiger partial charge in [0.2, 0.25) is 0 Å². The highest BCUT2D eigenvalue weighted by Crippen LogP contribution is 2.24. The van der Waals surface area contributed by atoms with Crippen molar-refractivity contribution in [2.24, 2.45) is 0 Å². The lowest BCUT2D eigenvalue weighted by Gasteiger charge is -2.17. The van der Waals surface area contributed by atoms with Gasteiger partial charge in [0.25, 0.3) is 0 Å². The van der Waals surface area contributed by atoms with Gasteiger partial charge in [-0.2, -0.15) is 0 Å². The van der Waals surface area contributed by atoms with E-state index < -0.39 is 0 Å². The van der Waals surface area contributed by atoms with Gasteiger partial charge < -0.3 is 5.73 Å². The minimum absolute atomic E-state index is 0.103. The number of hydrogen-bond donors (Lipinski definition) is 1. The van der Waals surface area contributed by atoms with Crippen molar-refractivity contribution in [3.05, 3.63) is 41.7 Å². The molecule has 3 nitrogen and oxygen atoms in total. The molecule has 3 heteroatoms. The predicted molar refractivity (Wildman–Crippen MR) is 75.3 cm³/mol. The molecule has 1 aromatic heterocycles. The molecule has 0 unspecified atom stereocenters. The van der Waals surface area contributed by atoms with Crippen molar-refractivity contribution in [2.75, 3.05) is 5.73 Å². The summed E-state index contributed by atoms with van der Waals surface area (Å²) in [5.41, 5.74) is 8.95. The molecule has 0 fully saturated rings. The van der Waals surface area contributed by atoms with E-state index in [-0.39, 0.29) is 5.41 Å². The first-order valence-corrected chi connectivity index (χ1v) is 6.08. The van der Waals surface area contributed by atoms with Crippen molar-refractivity contribution in [2.45, 2.75) is 33.1 Å². The highest BCUT2D eigenvalue weighted by atomic mass is 15.0. The smallest absolute Gasteiger partial charge is 0.136 e. The molecule has 1 heterocycles. The van der Waals surface area contributed by atoms with E-state index in [1.165, 1.54) is 5.56 Å². The van der Waals surface area contributed by atoms with Crippen LogP contribution in [0.4, 0.5) is 5.82 Å². The summed E-state index contributed by atoms with van der Waals surface area (Å²) in [7, 11) is 0. The molecule has 0 saturated heterocycles. The number of anilines is 1. The summed E-state index contributed by atoms with van der Waals surface area (Å²) >= 11 is 0. The lowest BCUT2D eigenvalue weighted by Crippen LogP contribution is -2.17. The molecule has 0 amide bonds. The molecule has 2 N–H and O–H groups in total. The first kappa shape index (κ1) is 12.6. The Balaban J connectivity index is 2.55. The van der Waals surface area contributed by atoms with Gasteiger partial charge in [0.05, 0.1) is 5.69 Å². The van der Waals surface area contributed by atoms with E-state index in [1.54, 1.807) is 0 Å². The van der Waals surface area contributed by atoms with E-state index in [9.17, 15) is 0 Å². The zero-order valence-electron chi connectivity index (χ0n) is 11.4. The second-order valence-corrected chi connectivity index (χ2v) is 5.62. The van der Waals surface area contributed by atoms with Crippen molar-refractivity contribution < 1.29 is 0 Å². The van der Waals surface area contributed by atoms with Crippen molar-refractivity contribution >= 4 is 5.82 Å². The van der Waals surface area contributed by atoms with Crippen molar-refractivity contribution in [3.63, 3.8) is 0 Å². The minimum atomic E-state index is -0.103. The molecule has 0 saturated carbocycles. The van der Waals surface area contributed by atoms with Gasteiger partial charge >= 0.3 is 0 Å². The Bertz CT molecular complexity index is 568. The Hall–Kier alpha value is -1.90. The number of hydrogen-bond acceptors (Lipinski definition) is 3. The fourth-order valence-electron chi connectivity index (χ4n) is 1.75. The van der Waals surface area contributed by atoms with Crippen LogP contribution in [0.1, 0.15) is 32.2 Å². The quantitative estimate of drug-likeness (QED) is 0.833. The zero-order chi connectivity index (χ0) is 13.3. The second kappa shape index (κ2) is 4.41. The number of rotatable bonds is 1. The SMILES string of the molecule is Cc1cccc(-c2cc(N)nc(C(C)(C)C)n2)c1. The van der Waals surface area contributed by atoms with Crippen molar-refractivity contribution in [1.82, 2.24) is 9.97 Å². The van der Waals surface area contributed by atoms with E-state index >= 15 is 0 Å². The van der Waals surface area contributed by atoms with Crippen LogP contribution in [0.25, 0.3) is 11.3 Å². The molecule has 2 aromatic rings. The van der Waals surface area contributed by atoms with E-state index in [4.69, 9.17) is 5.73 Å². The summed E-state index contributed by atoms with van der Waals surface area (Å²) in [5, 5.41) is 0. The summed E-state index contributed by atoms with van der Waals surface area (Å²) < 4.78 is 0. The van der Waals surface area contributed by atoms with E-state index in [0.717, 1.165) is 17.1 Å². The summed E-state index contributed by atoms with van der Waals surface area (Å²) in [5.74, 6) is 1.30. The predicted octanol–water partition coefficient (Wildman–Crippen LogP) is 3.33. The first-order valence-electron chi connectivity index (χ1n) is 6.08. The summed E-state index contributed by atoms with van der Waals surface area (Å²) in [6.07, 6.45) is 0. The van der Waals surface area contributed by atoms with Gasteiger partial charge in [0.1, 0.15) is 11.6 Å². The van der Waals surface area contributed by atoms with Crippen molar-refractivity contribution in [3.8, 4) is 11.3 Å². The van der Waals surface area contributed by atoms with Crippen LogP contribution in [0.3, 0.4) is 0 Å². The second-order valence-electron chi connectivity index (χ2n) is 5.62. The van der Waals surface area contributed by atoms with E-state index in [2.05, 4.69) is 49.8 Å². The van der Waals surface area contributed by atoms with Gasteiger partial charge in [0, 0.05) is 17.0 Å². The highest BCUT2D eigenvalue weighted by molar-refractivity contribution is 5.62. The molecule has 2 rings (SSSR count). The molecular formula is C15H19N3. The van der Waals surface area contributed by atoms with Crippen LogP contribution in [0.5, 0.6) is 0 Å². The summed E-state index contributed by atoms with van der Waals surface area (Å²) in [6.45, 7) is 8.32. The molecule has 0 spiro atoms. The Morgan fingerprint density at radius 3 is 2.39 bits per heavy atom. The standard InChI is InChI=1S/C15H19N3/c1-10-6-5-7-11(8-10)12-9-13(16)18-14(17-12)15(2,3)4/h5-9H,1-4H3,(H2,16,17,18). The number of aryl methyl sites for hydroxylation is 1. The highest BCUT2D eigenvalue weighted by Gasteiger charge is 2.18. The lowest BCUT2D eigenvalue weighted by atomic mass is 9.95. The average Bonchev–Trinajstić information content (AvgIpc) is 2.27. The van der Waals surface area contributed by atoms with Gasteiger partial charge in [0.15, 0.2) is 0 Å². The maximum absolute atomic E-state index is 5.88. The third-order valence-electron chi connectivity index (χ3n) is 2.73. The molecule has 0 aliphatic heterocycles. The van der Waals surface area contributed by atoms with Gasteiger partial charge in [-0.25, -0.2) is 9.97 Å². The van der Waals surface area contributed by atoms with Crippen LogP contribution < -0.4 is 5.73 Å². The molecule has 0 radical (unpaired) electrons. The lowest BCUT2D eigenvalue weighted by molar-refractivity contribution is 0.547. The number of benzene rings is 1. The molecule has 1 aromatic carbocycles. The molecule has 0 aliphatic rings. The largest absolute Gasteiger partial charge is 0.384 e. The molecule has 0 bridgehead atoms.